The maximum Gasteiger partial charge on any atom is 0.258 e. The van der Waals surface area contributed by atoms with Crippen molar-refractivity contribution in [3.8, 4) is 11.1 Å². The number of anilines is 2. The molecule has 31 heavy (non-hydrogen) atoms. The van der Waals surface area contributed by atoms with Gasteiger partial charge >= 0.3 is 0 Å². The van der Waals surface area contributed by atoms with Crippen LogP contribution in [0.25, 0.3) is 11.1 Å². The third-order valence-corrected chi connectivity index (χ3v) is 6.45. The van der Waals surface area contributed by atoms with Crippen molar-refractivity contribution >= 4 is 28.9 Å². The predicted molar refractivity (Wildman–Crippen MR) is 130 cm³/mol. The molecule has 3 aromatic carbocycles. The number of hydrogen-bond donors (Lipinski definition) is 0. The minimum atomic E-state index is -0.0349. The van der Waals surface area contributed by atoms with Gasteiger partial charge in [0.15, 0.2) is 0 Å². The molecule has 1 aliphatic rings. The second-order valence-corrected chi connectivity index (χ2v) is 8.70. The Morgan fingerprint density at radius 3 is 2.23 bits per heavy atom. The molecule has 0 saturated carbocycles. The summed E-state index contributed by atoms with van der Waals surface area (Å²) in [5, 5.41) is 0.702. The van der Waals surface area contributed by atoms with Gasteiger partial charge in [-0.15, -0.1) is 0 Å². The molecule has 1 amide bonds. The highest BCUT2D eigenvalue weighted by molar-refractivity contribution is 6.33. The minimum absolute atomic E-state index is 0.0349. The number of rotatable bonds is 5. The quantitative estimate of drug-likeness (QED) is 0.537. The lowest BCUT2D eigenvalue weighted by atomic mass is 10.0. The van der Waals surface area contributed by atoms with Crippen LogP contribution >= 0.6 is 11.6 Å². The van der Waals surface area contributed by atoms with Gasteiger partial charge < -0.3 is 14.7 Å². The molecule has 0 aromatic heterocycles. The third kappa shape index (κ3) is 4.60. The van der Waals surface area contributed by atoms with E-state index in [2.05, 4.69) is 36.0 Å². The molecule has 5 heteroatoms. The van der Waals surface area contributed by atoms with Crippen molar-refractivity contribution in [3.63, 3.8) is 0 Å². The number of carbonyl (C=O) groups excluding carboxylic acids is 1. The summed E-state index contributed by atoms with van der Waals surface area (Å²) in [6, 6.07) is 24.2. The number of likely N-dealkylation sites (N-methyl/N-ethyl adjacent to an activating group) is 1. The van der Waals surface area contributed by atoms with E-state index in [9.17, 15) is 4.79 Å². The molecule has 0 N–H and O–H groups in total. The molecule has 0 bridgehead atoms. The topological polar surface area (TPSA) is 26.8 Å². The summed E-state index contributed by atoms with van der Waals surface area (Å²) in [4.78, 5) is 19.4. The first-order valence-electron chi connectivity index (χ1n) is 10.6. The van der Waals surface area contributed by atoms with Gasteiger partial charge in [-0.25, -0.2) is 0 Å². The summed E-state index contributed by atoms with van der Waals surface area (Å²) in [6.45, 7) is 2.10. The first kappa shape index (κ1) is 21.4. The van der Waals surface area contributed by atoms with E-state index in [-0.39, 0.29) is 5.91 Å². The van der Waals surface area contributed by atoms with Crippen LogP contribution in [0.1, 0.15) is 16.8 Å². The molecule has 0 aliphatic carbocycles. The first-order chi connectivity index (χ1) is 14.9. The summed E-state index contributed by atoms with van der Waals surface area (Å²) >= 11 is 6.29. The van der Waals surface area contributed by atoms with Gasteiger partial charge in [-0.2, -0.15) is 0 Å². The highest BCUT2D eigenvalue weighted by atomic mass is 35.5. The van der Waals surface area contributed by atoms with Crippen LogP contribution in [-0.2, 0) is 0 Å². The van der Waals surface area contributed by atoms with Crippen molar-refractivity contribution in [2.24, 2.45) is 0 Å². The third-order valence-electron chi connectivity index (χ3n) is 6.12. The summed E-state index contributed by atoms with van der Waals surface area (Å²) in [7, 11) is 6.09. The number of carbonyl (C=O) groups is 1. The van der Waals surface area contributed by atoms with Crippen molar-refractivity contribution in [1.29, 1.82) is 0 Å². The number of amides is 1. The van der Waals surface area contributed by atoms with E-state index in [0.717, 1.165) is 29.9 Å². The Labute approximate surface area is 189 Å². The summed E-state index contributed by atoms with van der Waals surface area (Å²) < 4.78 is 0. The van der Waals surface area contributed by atoms with Gasteiger partial charge in [0.2, 0.25) is 0 Å². The molecule has 0 spiro atoms. The summed E-state index contributed by atoms with van der Waals surface area (Å²) in [5.41, 5.74) is 4.70. The molecular weight excluding hydrogens is 406 g/mol. The highest BCUT2D eigenvalue weighted by Crippen LogP contribution is 2.29. The first-order valence-corrected chi connectivity index (χ1v) is 11.0. The maximum absolute atomic E-state index is 13.0. The van der Waals surface area contributed by atoms with E-state index in [1.807, 2.05) is 67.7 Å². The van der Waals surface area contributed by atoms with Crippen LogP contribution in [0, 0.1) is 0 Å². The largest absolute Gasteiger partial charge is 0.370 e. The van der Waals surface area contributed by atoms with E-state index in [1.54, 1.807) is 4.90 Å². The molecular formula is C26H28ClN3O. The zero-order valence-corrected chi connectivity index (χ0v) is 19.0. The van der Waals surface area contributed by atoms with E-state index >= 15 is 0 Å². The summed E-state index contributed by atoms with van der Waals surface area (Å²) in [5.74, 6) is -0.0349. The van der Waals surface area contributed by atoms with Crippen LogP contribution in [0.5, 0.6) is 0 Å². The second kappa shape index (κ2) is 9.13. The van der Waals surface area contributed by atoms with E-state index < -0.39 is 0 Å². The molecule has 4 nitrogen and oxygen atoms in total. The van der Waals surface area contributed by atoms with Gasteiger partial charge in [-0.1, -0.05) is 41.9 Å². The zero-order chi connectivity index (χ0) is 22.0. The lowest BCUT2D eigenvalue weighted by Crippen LogP contribution is -2.31. The van der Waals surface area contributed by atoms with Gasteiger partial charge in [0.05, 0.1) is 0 Å². The molecule has 1 saturated heterocycles. The second-order valence-electron chi connectivity index (χ2n) is 8.29. The van der Waals surface area contributed by atoms with Crippen LogP contribution < -0.4 is 9.80 Å². The fourth-order valence-corrected chi connectivity index (χ4v) is 4.33. The average Bonchev–Trinajstić information content (AvgIpc) is 3.29. The van der Waals surface area contributed by atoms with Crippen molar-refractivity contribution in [2.45, 2.75) is 12.5 Å². The SMILES string of the molecule is CN(C(=O)c1ccc(-c2ccccc2Cl)cc1)c1ccc(N2CCC(N(C)C)C2)cc1. The number of nitrogens with zero attached hydrogens (tertiary/aromatic N) is 3. The molecule has 4 rings (SSSR count). The number of halogens is 1. The van der Waals surface area contributed by atoms with Crippen molar-refractivity contribution in [2.75, 3.05) is 44.0 Å². The van der Waals surface area contributed by atoms with E-state index in [0.29, 0.717) is 16.6 Å². The van der Waals surface area contributed by atoms with Gasteiger partial charge in [0, 0.05) is 53.7 Å². The Morgan fingerprint density at radius 2 is 1.61 bits per heavy atom. The molecule has 0 radical (unpaired) electrons. The molecule has 1 atom stereocenters. The Morgan fingerprint density at radius 1 is 0.935 bits per heavy atom. The molecule has 1 fully saturated rings. The summed E-state index contributed by atoms with van der Waals surface area (Å²) in [6.07, 6.45) is 1.18. The Balaban J connectivity index is 1.45. The molecule has 1 aliphatic heterocycles. The van der Waals surface area contributed by atoms with Gasteiger partial charge in [0.1, 0.15) is 0 Å². The van der Waals surface area contributed by atoms with Crippen molar-refractivity contribution in [1.82, 2.24) is 4.90 Å². The molecule has 3 aromatic rings. The standard InChI is InChI=1S/C26H28ClN3O/c1-28(2)23-16-17-30(18-23)22-14-12-21(13-15-22)29(3)26(31)20-10-8-19(9-11-20)24-6-4-5-7-25(24)27/h4-15,23H,16-18H2,1-3H3. The maximum atomic E-state index is 13.0. The smallest absolute Gasteiger partial charge is 0.258 e. The number of benzene rings is 3. The van der Waals surface area contributed by atoms with Crippen LogP contribution in [0.15, 0.2) is 72.8 Å². The molecule has 1 unspecified atom stereocenters. The van der Waals surface area contributed by atoms with Crippen LogP contribution in [-0.4, -0.2) is 51.1 Å². The Hall–Kier alpha value is -2.82. The van der Waals surface area contributed by atoms with Crippen molar-refractivity contribution < 1.29 is 4.79 Å². The van der Waals surface area contributed by atoms with Crippen LogP contribution in [0.4, 0.5) is 11.4 Å². The van der Waals surface area contributed by atoms with E-state index in [1.165, 1.54) is 12.1 Å². The monoisotopic (exact) mass is 433 g/mol. The normalized spacial score (nSPS) is 16.0. The van der Waals surface area contributed by atoms with E-state index in [4.69, 9.17) is 11.6 Å². The van der Waals surface area contributed by atoms with Gasteiger partial charge in [-0.3, -0.25) is 4.79 Å². The zero-order valence-electron chi connectivity index (χ0n) is 18.3. The lowest BCUT2D eigenvalue weighted by Gasteiger charge is -2.23. The molecule has 160 valence electrons. The van der Waals surface area contributed by atoms with Gasteiger partial charge in [0.25, 0.3) is 5.91 Å². The van der Waals surface area contributed by atoms with Crippen LogP contribution in [0.3, 0.4) is 0 Å². The fraction of sp³-hybridized carbons (Fsp3) is 0.269. The Kier molecular flexibility index (Phi) is 6.30. The fourth-order valence-electron chi connectivity index (χ4n) is 4.08. The van der Waals surface area contributed by atoms with Gasteiger partial charge in [-0.05, 0) is 68.5 Å². The Bertz CT molecular complexity index is 1050. The highest BCUT2D eigenvalue weighted by Gasteiger charge is 2.24. The lowest BCUT2D eigenvalue weighted by molar-refractivity contribution is 0.0993. The predicted octanol–water partition coefficient (Wildman–Crippen LogP) is 5.42. The van der Waals surface area contributed by atoms with Crippen LogP contribution in [0.2, 0.25) is 5.02 Å². The molecule has 1 heterocycles. The van der Waals surface area contributed by atoms with Crippen molar-refractivity contribution in [3.05, 3.63) is 83.4 Å². The average molecular weight is 434 g/mol. The minimum Gasteiger partial charge on any atom is -0.370 e. The number of hydrogen-bond acceptors (Lipinski definition) is 3.